The molecule has 7 heteroatoms. The van der Waals surface area contributed by atoms with Gasteiger partial charge in [0.1, 0.15) is 0 Å². The number of aryl methyl sites for hydroxylation is 2. The quantitative estimate of drug-likeness (QED) is 0.660. The summed E-state index contributed by atoms with van der Waals surface area (Å²) < 4.78 is 1.72. The van der Waals surface area contributed by atoms with E-state index >= 15 is 0 Å². The summed E-state index contributed by atoms with van der Waals surface area (Å²) in [5.74, 6) is 0.545. The van der Waals surface area contributed by atoms with Crippen molar-refractivity contribution in [3.63, 3.8) is 0 Å². The van der Waals surface area contributed by atoms with Gasteiger partial charge in [0, 0.05) is 55.8 Å². The predicted molar refractivity (Wildman–Crippen MR) is 112 cm³/mol. The molecule has 5 rings (SSSR count). The molecule has 30 heavy (non-hydrogen) atoms. The SMILES string of the molecule is CC(=O)N1C[C@H]2CN(C(=O)c3cc4nc(C)cc(C)n4n3)C[C@H]2[C@@H]1c1ccccc1. The lowest BCUT2D eigenvalue weighted by Gasteiger charge is -2.29. The highest BCUT2D eigenvalue weighted by molar-refractivity contribution is 5.93. The number of hydrogen-bond acceptors (Lipinski definition) is 4. The lowest BCUT2D eigenvalue weighted by molar-refractivity contribution is -0.130. The van der Waals surface area contributed by atoms with E-state index in [0.29, 0.717) is 31.0 Å². The highest BCUT2D eigenvalue weighted by atomic mass is 16.2. The number of carbonyl (C=O) groups is 2. The maximum absolute atomic E-state index is 13.2. The average molecular weight is 403 g/mol. The van der Waals surface area contributed by atoms with Crippen LogP contribution < -0.4 is 0 Å². The van der Waals surface area contributed by atoms with E-state index in [1.54, 1.807) is 17.5 Å². The van der Waals surface area contributed by atoms with E-state index in [2.05, 4.69) is 22.2 Å². The molecule has 4 heterocycles. The topological polar surface area (TPSA) is 70.8 Å². The van der Waals surface area contributed by atoms with Crippen LogP contribution in [-0.2, 0) is 4.79 Å². The highest BCUT2D eigenvalue weighted by Crippen LogP contribution is 2.45. The first-order chi connectivity index (χ1) is 14.4. The van der Waals surface area contributed by atoms with Gasteiger partial charge in [-0.05, 0) is 25.5 Å². The Bertz CT molecular complexity index is 1140. The van der Waals surface area contributed by atoms with Crippen LogP contribution in [0.5, 0.6) is 0 Å². The Morgan fingerprint density at radius 3 is 2.53 bits per heavy atom. The summed E-state index contributed by atoms with van der Waals surface area (Å²) in [4.78, 5) is 33.9. The molecular formula is C23H25N5O2. The minimum atomic E-state index is -0.0619. The molecule has 1 aromatic carbocycles. The number of aromatic nitrogens is 3. The molecule has 3 atom stereocenters. The van der Waals surface area contributed by atoms with E-state index in [9.17, 15) is 9.59 Å². The summed E-state index contributed by atoms with van der Waals surface area (Å²) >= 11 is 0. The summed E-state index contributed by atoms with van der Waals surface area (Å²) in [6.07, 6.45) is 0. The summed E-state index contributed by atoms with van der Waals surface area (Å²) in [6.45, 7) is 7.50. The average Bonchev–Trinajstić information content (AvgIpc) is 3.40. The summed E-state index contributed by atoms with van der Waals surface area (Å²) in [6, 6.07) is 13.9. The van der Waals surface area contributed by atoms with Crippen LogP contribution in [0.15, 0.2) is 42.5 Å². The lowest BCUT2D eigenvalue weighted by atomic mass is 9.89. The first-order valence-electron chi connectivity index (χ1n) is 10.4. The maximum atomic E-state index is 13.2. The smallest absolute Gasteiger partial charge is 0.274 e. The summed E-state index contributed by atoms with van der Waals surface area (Å²) in [5.41, 5.74) is 4.12. The van der Waals surface area contributed by atoms with Crippen LogP contribution in [0.2, 0.25) is 0 Å². The molecule has 0 N–H and O–H groups in total. The van der Waals surface area contributed by atoms with Crippen LogP contribution in [0, 0.1) is 25.7 Å². The number of nitrogens with zero attached hydrogens (tertiary/aromatic N) is 5. The molecule has 0 spiro atoms. The van der Waals surface area contributed by atoms with Crippen molar-refractivity contribution in [2.24, 2.45) is 11.8 Å². The number of carbonyl (C=O) groups excluding carboxylic acids is 2. The molecule has 154 valence electrons. The van der Waals surface area contributed by atoms with Gasteiger partial charge in [-0.2, -0.15) is 5.10 Å². The zero-order valence-electron chi connectivity index (χ0n) is 17.4. The number of fused-ring (bicyclic) bond motifs is 2. The second-order valence-electron chi connectivity index (χ2n) is 8.50. The van der Waals surface area contributed by atoms with Crippen molar-refractivity contribution < 1.29 is 9.59 Å². The molecular weight excluding hydrogens is 378 g/mol. The number of benzene rings is 1. The Kier molecular flexibility index (Phi) is 4.34. The molecule has 0 radical (unpaired) electrons. The second kappa shape index (κ2) is 6.93. The Morgan fingerprint density at radius 2 is 1.80 bits per heavy atom. The van der Waals surface area contributed by atoms with Crippen molar-refractivity contribution in [3.8, 4) is 0 Å². The Labute approximate surface area is 175 Å². The molecule has 2 saturated heterocycles. The Hall–Kier alpha value is -3.22. The largest absolute Gasteiger partial charge is 0.337 e. The number of amides is 2. The Morgan fingerprint density at radius 1 is 1.03 bits per heavy atom. The Balaban J connectivity index is 1.42. The van der Waals surface area contributed by atoms with Gasteiger partial charge in [-0.15, -0.1) is 0 Å². The number of rotatable bonds is 2. The van der Waals surface area contributed by atoms with E-state index in [4.69, 9.17) is 0 Å². The summed E-state index contributed by atoms with van der Waals surface area (Å²) in [5, 5.41) is 4.51. The van der Waals surface area contributed by atoms with Crippen LogP contribution in [0.4, 0.5) is 0 Å². The van der Waals surface area contributed by atoms with Gasteiger partial charge < -0.3 is 9.80 Å². The zero-order chi connectivity index (χ0) is 21.0. The van der Waals surface area contributed by atoms with E-state index in [-0.39, 0.29) is 29.7 Å². The molecule has 2 aromatic heterocycles. The van der Waals surface area contributed by atoms with E-state index in [1.807, 2.05) is 47.9 Å². The minimum Gasteiger partial charge on any atom is -0.337 e. The van der Waals surface area contributed by atoms with Gasteiger partial charge in [0.05, 0.1) is 6.04 Å². The van der Waals surface area contributed by atoms with Gasteiger partial charge >= 0.3 is 0 Å². The highest BCUT2D eigenvalue weighted by Gasteiger charge is 2.49. The molecule has 0 bridgehead atoms. The first kappa shape index (κ1) is 18.8. The molecule has 0 saturated carbocycles. The van der Waals surface area contributed by atoms with Crippen LogP contribution in [0.3, 0.4) is 0 Å². The van der Waals surface area contributed by atoms with Crippen molar-refractivity contribution in [2.75, 3.05) is 19.6 Å². The van der Waals surface area contributed by atoms with Gasteiger partial charge in [0.15, 0.2) is 11.3 Å². The molecule has 0 unspecified atom stereocenters. The van der Waals surface area contributed by atoms with Gasteiger partial charge in [-0.1, -0.05) is 30.3 Å². The standard InChI is InChI=1S/C23H25N5O2/c1-14-9-15(2)28-21(24-14)10-20(25-28)23(30)26-11-18-12-27(16(3)29)22(19(18)13-26)17-7-5-4-6-8-17/h4-10,18-19,22H,11-13H2,1-3H3/t18-,19-,22+/m1/s1. The monoisotopic (exact) mass is 403 g/mol. The number of likely N-dealkylation sites (tertiary alicyclic amines) is 2. The van der Waals surface area contributed by atoms with E-state index < -0.39 is 0 Å². The summed E-state index contributed by atoms with van der Waals surface area (Å²) in [7, 11) is 0. The van der Waals surface area contributed by atoms with Crippen molar-refractivity contribution in [1.29, 1.82) is 0 Å². The molecule has 3 aromatic rings. The van der Waals surface area contributed by atoms with Crippen molar-refractivity contribution >= 4 is 17.5 Å². The van der Waals surface area contributed by atoms with Crippen molar-refractivity contribution in [3.05, 3.63) is 65.1 Å². The van der Waals surface area contributed by atoms with Crippen molar-refractivity contribution in [2.45, 2.75) is 26.8 Å². The fourth-order valence-electron chi connectivity index (χ4n) is 5.17. The van der Waals surface area contributed by atoms with Crippen LogP contribution >= 0.6 is 0 Å². The molecule has 2 fully saturated rings. The molecule has 2 amide bonds. The molecule has 2 aliphatic heterocycles. The minimum absolute atomic E-state index is 0.0131. The lowest BCUT2D eigenvalue weighted by Crippen LogP contribution is -2.36. The van der Waals surface area contributed by atoms with Crippen molar-refractivity contribution in [1.82, 2.24) is 24.4 Å². The third-order valence-corrected chi connectivity index (χ3v) is 6.45. The van der Waals surface area contributed by atoms with Crippen LogP contribution in [0.1, 0.15) is 40.4 Å². The van der Waals surface area contributed by atoms with Gasteiger partial charge in [0.2, 0.25) is 5.91 Å². The fraction of sp³-hybridized carbons (Fsp3) is 0.391. The van der Waals surface area contributed by atoms with Gasteiger partial charge in [-0.25, -0.2) is 9.50 Å². The third kappa shape index (κ3) is 2.96. The van der Waals surface area contributed by atoms with Gasteiger partial charge in [0.25, 0.3) is 5.91 Å². The second-order valence-corrected chi connectivity index (χ2v) is 8.50. The van der Waals surface area contributed by atoms with Crippen LogP contribution in [0.25, 0.3) is 5.65 Å². The third-order valence-electron chi connectivity index (χ3n) is 6.45. The molecule has 7 nitrogen and oxygen atoms in total. The van der Waals surface area contributed by atoms with E-state index in [1.165, 1.54) is 0 Å². The zero-order valence-corrected chi connectivity index (χ0v) is 17.4. The first-order valence-corrected chi connectivity index (χ1v) is 10.4. The van der Waals surface area contributed by atoms with E-state index in [0.717, 1.165) is 17.0 Å². The number of hydrogen-bond donors (Lipinski definition) is 0. The molecule has 2 aliphatic rings. The van der Waals surface area contributed by atoms with Crippen LogP contribution in [-0.4, -0.2) is 55.8 Å². The normalized spacial score (nSPS) is 23.2. The molecule has 0 aliphatic carbocycles. The fourth-order valence-corrected chi connectivity index (χ4v) is 5.17. The predicted octanol–water partition coefficient (Wildman–Crippen LogP) is 2.64. The van der Waals surface area contributed by atoms with Gasteiger partial charge in [-0.3, -0.25) is 9.59 Å². The maximum Gasteiger partial charge on any atom is 0.274 e.